The molecule has 1 aliphatic heterocycles. The molecular weight excluding hydrogens is 393 g/mol. The van der Waals surface area contributed by atoms with Gasteiger partial charge in [-0.15, -0.1) is 10.2 Å². The number of pyridine rings is 1. The monoisotopic (exact) mass is 411 g/mol. The molecule has 1 aromatic carbocycles. The van der Waals surface area contributed by atoms with Crippen LogP contribution in [0.3, 0.4) is 0 Å². The number of carbonyl (C=O) groups is 2. The highest BCUT2D eigenvalue weighted by atomic mass is 19.1. The van der Waals surface area contributed by atoms with E-state index in [9.17, 15) is 14.0 Å². The number of hydrogen-bond donors (Lipinski definition) is 1. The summed E-state index contributed by atoms with van der Waals surface area (Å²) in [6.07, 6.45) is 0.889. The summed E-state index contributed by atoms with van der Waals surface area (Å²) in [4.78, 5) is 28.6. The van der Waals surface area contributed by atoms with Crippen molar-refractivity contribution in [3.63, 3.8) is 0 Å². The number of halogens is 1. The molecule has 1 atom stereocenters. The van der Waals surface area contributed by atoms with E-state index >= 15 is 0 Å². The molecule has 1 saturated heterocycles. The van der Waals surface area contributed by atoms with Gasteiger partial charge < -0.3 is 14.5 Å². The lowest BCUT2D eigenvalue weighted by atomic mass is 10.1. The van der Waals surface area contributed by atoms with Crippen LogP contribution in [0.4, 0.5) is 14.9 Å². The minimum Gasteiger partial charge on any atom is -0.442 e. The topological polar surface area (TPSA) is 110 Å². The molecule has 2 aromatic heterocycles. The molecule has 9 nitrogen and oxygen atoms in total. The van der Waals surface area contributed by atoms with Crippen molar-refractivity contribution in [3.05, 3.63) is 60.0 Å². The van der Waals surface area contributed by atoms with Gasteiger partial charge in [0.2, 0.25) is 11.8 Å². The molecule has 0 radical (unpaired) electrons. The Kier molecular flexibility index (Phi) is 5.38. The summed E-state index contributed by atoms with van der Waals surface area (Å²) in [5, 5.41) is 10.4. The molecule has 0 aliphatic carbocycles. The largest absolute Gasteiger partial charge is 0.442 e. The van der Waals surface area contributed by atoms with Crippen molar-refractivity contribution in [2.45, 2.75) is 19.4 Å². The van der Waals surface area contributed by atoms with E-state index in [1.54, 1.807) is 18.3 Å². The van der Waals surface area contributed by atoms with E-state index in [4.69, 9.17) is 9.15 Å². The third-order valence-corrected chi connectivity index (χ3v) is 4.47. The van der Waals surface area contributed by atoms with Gasteiger partial charge in [0.25, 0.3) is 5.89 Å². The highest BCUT2D eigenvalue weighted by Crippen LogP contribution is 2.28. The number of rotatable bonds is 6. The van der Waals surface area contributed by atoms with Crippen molar-refractivity contribution < 1.29 is 23.1 Å². The first-order valence-corrected chi connectivity index (χ1v) is 9.24. The Morgan fingerprint density at radius 1 is 1.30 bits per heavy atom. The molecule has 1 fully saturated rings. The third kappa shape index (κ3) is 4.27. The summed E-state index contributed by atoms with van der Waals surface area (Å²) in [6, 6.07) is 9.73. The minimum atomic E-state index is -0.612. The summed E-state index contributed by atoms with van der Waals surface area (Å²) < 4.78 is 25.5. The maximum atomic E-state index is 14.7. The number of cyclic esters (lactones) is 1. The highest BCUT2D eigenvalue weighted by Gasteiger charge is 2.33. The second-order valence-electron chi connectivity index (χ2n) is 6.72. The number of hydrogen-bond acceptors (Lipinski definition) is 7. The van der Waals surface area contributed by atoms with Gasteiger partial charge in [0.05, 0.1) is 30.8 Å². The number of carbonyl (C=O) groups excluding carboxylic acids is 2. The number of aromatic nitrogens is 3. The normalized spacial score (nSPS) is 15.9. The van der Waals surface area contributed by atoms with Crippen molar-refractivity contribution in [2.75, 3.05) is 18.0 Å². The van der Waals surface area contributed by atoms with Crippen molar-refractivity contribution in [1.29, 1.82) is 0 Å². The Labute approximate surface area is 170 Å². The molecule has 1 N–H and O–H groups in total. The first-order chi connectivity index (χ1) is 14.5. The predicted molar refractivity (Wildman–Crippen MR) is 103 cm³/mol. The number of nitrogens with one attached hydrogen (secondary N) is 1. The second kappa shape index (κ2) is 8.27. The summed E-state index contributed by atoms with van der Waals surface area (Å²) in [5.41, 5.74) is 1.21. The van der Waals surface area contributed by atoms with E-state index in [2.05, 4.69) is 20.5 Å². The second-order valence-corrected chi connectivity index (χ2v) is 6.72. The van der Waals surface area contributed by atoms with Crippen LogP contribution < -0.4 is 10.2 Å². The van der Waals surface area contributed by atoms with E-state index in [0.717, 1.165) is 5.69 Å². The van der Waals surface area contributed by atoms with E-state index in [1.807, 2.05) is 12.1 Å². The molecule has 0 saturated carbocycles. The lowest BCUT2D eigenvalue weighted by molar-refractivity contribution is -0.119. The molecule has 154 valence electrons. The van der Waals surface area contributed by atoms with Gasteiger partial charge in [-0.1, -0.05) is 6.07 Å². The SMILES string of the molecule is CC(=O)NC[C@H]1CN(c2ccc(-c3nnc(Cc4ccccn4)o3)c(F)c2)C(=O)O1. The average Bonchev–Trinajstić information content (AvgIpc) is 3.33. The molecule has 2 amide bonds. The van der Waals surface area contributed by atoms with Gasteiger partial charge in [-0.05, 0) is 30.3 Å². The summed E-state index contributed by atoms with van der Waals surface area (Å²) in [7, 11) is 0. The number of anilines is 1. The van der Waals surface area contributed by atoms with E-state index in [0.29, 0.717) is 18.0 Å². The van der Waals surface area contributed by atoms with Gasteiger partial charge in [-0.2, -0.15) is 0 Å². The lowest BCUT2D eigenvalue weighted by Crippen LogP contribution is -2.33. The molecule has 0 spiro atoms. The van der Waals surface area contributed by atoms with Gasteiger partial charge in [0, 0.05) is 18.8 Å². The van der Waals surface area contributed by atoms with E-state index in [1.165, 1.54) is 24.0 Å². The van der Waals surface area contributed by atoms with Crippen molar-refractivity contribution in [3.8, 4) is 11.5 Å². The highest BCUT2D eigenvalue weighted by molar-refractivity contribution is 5.90. The zero-order valence-electron chi connectivity index (χ0n) is 16.0. The van der Waals surface area contributed by atoms with Crippen LogP contribution in [0, 0.1) is 5.82 Å². The average molecular weight is 411 g/mol. The maximum absolute atomic E-state index is 14.7. The molecule has 10 heteroatoms. The quantitative estimate of drug-likeness (QED) is 0.663. The summed E-state index contributed by atoms with van der Waals surface area (Å²) in [6.45, 7) is 1.77. The lowest BCUT2D eigenvalue weighted by Gasteiger charge is -2.13. The molecule has 3 aromatic rings. The van der Waals surface area contributed by atoms with Crippen molar-refractivity contribution in [2.24, 2.45) is 0 Å². The van der Waals surface area contributed by atoms with Crippen LogP contribution in [0.5, 0.6) is 0 Å². The third-order valence-electron chi connectivity index (χ3n) is 4.47. The van der Waals surface area contributed by atoms with Crippen LogP contribution in [0.25, 0.3) is 11.5 Å². The zero-order chi connectivity index (χ0) is 21.1. The van der Waals surface area contributed by atoms with Crippen LogP contribution in [-0.2, 0) is 16.0 Å². The van der Waals surface area contributed by atoms with Gasteiger partial charge >= 0.3 is 6.09 Å². The smallest absolute Gasteiger partial charge is 0.414 e. The molecule has 0 bridgehead atoms. The Bertz CT molecular complexity index is 1070. The molecule has 4 rings (SSSR count). The molecule has 1 aliphatic rings. The van der Waals surface area contributed by atoms with Gasteiger partial charge in [0.15, 0.2) is 0 Å². The predicted octanol–water partition coefficient (Wildman–Crippen LogP) is 2.32. The van der Waals surface area contributed by atoms with Gasteiger partial charge in [-0.3, -0.25) is 14.7 Å². The summed E-state index contributed by atoms with van der Waals surface area (Å²) >= 11 is 0. The standard InChI is InChI=1S/C20H18FN5O4/c1-12(27)23-10-15-11-26(20(28)29-15)14-5-6-16(17(21)9-14)19-25-24-18(30-19)8-13-4-2-3-7-22-13/h2-7,9,15H,8,10-11H2,1H3,(H,23,27)/t15-/m0/s1. The Morgan fingerprint density at radius 2 is 2.17 bits per heavy atom. The minimum absolute atomic E-state index is 0.0394. The fourth-order valence-electron chi connectivity index (χ4n) is 3.03. The molecular formula is C20H18FN5O4. The van der Waals surface area contributed by atoms with Crippen LogP contribution in [0.2, 0.25) is 0 Å². The Balaban J connectivity index is 1.47. The molecule has 0 unspecified atom stereocenters. The van der Waals surface area contributed by atoms with Crippen molar-refractivity contribution in [1.82, 2.24) is 20.5 Å². The first-order valence-electron chi connectivity index (χ1n) is 9.24. The van der Waals surface area contributed by atoms with Gasteiger partial charge in [-0.25, -0.2) is 9.18 Å². The first kappa shape index (κ1) is 19.5. The fourth-order valence-corrected chi connectivity index (χ4v) is 3.03. The number of amides is 2. The number of ether oxygens (including phenoxy) is 1. The van der Waals surface area contributed by atoms with Crippen LogP contribution in [0.15, 0.2) is 47.0 Å². The van der Waals surface area contributed by atoms with E-state index in [-0.39, 0.29) is 30.5 Å². The Hall–Kier alpha value is -3.82. The van der Waals surface area contributed by atoms with Crippen molar-refractivity contribution >= 4 is 17.7 Å². The zero-order valence-corrected chi connectivity index (χ0v) is 16.0. The van der Waals surface area contributed by atoms with Crippen LogP contribution in [-0.4, -0.2) is 46.4 Å². The summed E-state index contributed by atoms with van der Waals surface area (Å²) in [5.74, 6) is -0.478. The Morgan fingerprint density at radius 3 is 2.90 bits per heavy atom. The number of benzene rings is 1. The molecule has 3 heterocycles. The molecule has 30 heavy (non-hydrogen) atoms. The van der Waals surface area contributed by atoms with Crippen LogP contribution in [0.1, 0.15) is 18.5 Å². The van der Waals surface area contributed by atoms with Crippen LogP contribution >= 0.6 is 0 Å². The number of nitrogens with zero attached hydrogens (tertiary/aromatic N) is 4. The maximum Gasteiger partial charge on any atom is 0.414 e. The van der Waals surface area contributed by atoms with E-state index < -0.39 is 18.0 Å². The fraction of sp³-hybridized carbons (Fsp3) is 0.250. The van der Waals surface area contributed by atoms with Gasteiger partial charge in [0.1, 0.15) is 11.9 Å².